The first-order valence-corrected chi connectivity index (χ1v) is 5.87. The summed E-state index contributed by atoms with van der Waals surface area (Å²) < 4.78 is 5.04. The molecule has 2 rings (SSSR count). The third kappa shape index (κ3) is 2.44. The number of likely N-dealkylation sites (tertiary alicyclic amines) is 1. The maximum Gasteiger partial charge on any atom is 0.287 e. The monoisotopic (exact) mass is 222 g/mol. The average Bonchev–Trinajstić information content (AvgIpc) is 2.96. The van der Waals surface area contributed by atoms with E-state index in [0.717, 1.165) is 13.1 Å². The van der Waals surface area contributed by atoms with Crippen molar-refractivity contribution in [2.75, 3.05) is 19.6 Å². The van der Waals surface area contributed by atoms with E-state index >= 15 is 0 Å². The molecule has 1 fully saturated rings. The summed E-state index contributed by atoms with van der Waals surface area (Å²) in [6.07, 6.45) is 3.92. The number of hydrogen-bond acceptors (Lipinski definition) is 3. The Bertz CT molecular complexity index is 335. The summed E-state index contributed by atoms with van der Waals surface area (Å²) in [5, 5.41) is 2.92. The van der Waals surface area contributed by atoms with Gasteiger partial charge in [0.25, 0.3) is 5.91 Å². The van der Waals surface area contributed by atoms with E-state index in [0.29, 0.717) is 18.3 Å². The first-order valence-electron chi connectivity index (χ1n) is 5.87. The molecule has 0 radical (unpaired) electrons. The Morgan fingerprint density at radius 2 is 2.56 bits per heavy atom. The summed E-state index contributed by atoms with van der Waals surface area (Å²) in [5.74, 6) is 0.272. The van der Waals surface area contributed by atoms with E-state index in [2.05, 4.69) is 17.1 Å². The molecule has 4 nitrogen and oxygen atoms in total. The van der Waals surface area contributed by atoms with E-state index in [1.165, 1.54) is 19.1 Å². The Labute approximate surface area is 95.6 Å². The topological polar surface area (TPSA) is 45.5 Å². The minimum Gasteiger partial charge on any atom is -0.459 e. The molecule has 1 atom stereocenters. The van der Waals surface area contributed by atoms with Gasteiger partial charge in [-0.15, -0.1) is 0 Å². The van der Waals surface area contributed by atoms with Gasteiger partial charge in [-0.2, -0.15) is 0 Å². The quantitative estimate of drug-likeness (QED) is 0.839. The van der Waals surface area contributed by atoms with E-state index in [-0.39, 0.29) is 5.91 Å². The van der Waals surface area contributed by atoms with Crippen LogP contribution in [0.25, 0.3) is 0 Å². The highest BCUT2D eigenvalue weighted by Gasteiger charge is 2.23. The minimum absolute atomic E-state index is 0.118. The van der Waals surface area contributed by atoms with Gasteiger partial charge in [0, 0.05) is 12.6 Å². The van der Waals surface area contributed by atoms with Crippen molar-refractivity contribution in [1.29, 1.82) is 0 Å². The van der Waals surface area contributed by atoms with Crippen LogP contribution in [0.2, 0.25) is 0 Å². The van der Waals surface area contributed by atoms with Crippen LogP contribution >= 0.6 is 0 Å². The van der Waals surface area contributed by atoms with Crippen molar-refractivity contribution in [3.63, 3.8) is 0 Å². The van der Waals surface area contributed by atoms with Crippen LogP contribution in [-0.4, -0.2) is 36.5 Å². The molecular weight excluding hydrogens is 204 g/mol. The Balaban J connectivity index is 1.81. The van der Waals surface area contributed by atoms with Gasteiger partial charge < -0.3 is 9.73 Å². The zero-order chi connectivity index (χ0) is 11.4. The Kier molecular flexibility index (Phi) is 3.62. The van der Waals surface area contributed by atoms with Crippen molar-refractivity contribution in [1.82, 2.24) is 10.2 Å². The predicted octanol–water partition coefficient (Wildman–Crippen LogP) is 1.49. The number of carbonyl (C=O) groups is 1. The molecule has 88 valence electrons. The van der Waals surface area contributed by atoms with Crippen LogP contribution in [0.1, 0.15) is 30.3 Å². The zero-order valence-corrected chi connectivity index (χ0v) is 9.61. The van der Waals surface area contributed by atoms with Crippen molar-refractivity contribution in [3.8, 4) is 0 Å². The van der Waals surface area contributed by atoms with Crippen molar-refractivity contribution in [2.24, 2.45) is 0 Å². The van der Waals surface area contributed by atoms with Crippen LogP contribution in [-0.2, 0) is 0 Å². The molecule has 1 aliphatic heterocycles. The van der Waals surface area contributed by atoms with Gasteiger partial charge >= 0.3 is 0 Å². The highest BCUT2D eigenvalue weighted by atomic mass is 16.3. The zero-order valence-electron chi connectivity index (χ0n) is 9.61. The second-order valence-electron chi connectivity index (χ2n) is 4.11. The van der Waals surface area contributed by atoms with Gasteiger partial charge in [-0.1, -0.05) is 6.92 Å². The fraction of sp³-hybridized carbons (Fsp3) is 0.583. The molecule has 4 heteroatoms. The lowest BCUT2D eigenvalue weighted by atomic mass is 10.2. The summed E-state index contributed by atoms with van der Waals surface area (Å²) in [5.41, 5.74) is 0. The van der Waals surface area contributed by atoms with Crippen molar-refractivity contribution in [3.05, 3.63) is 24.2 Å². The number of nitrogens with zero attached hydrogens (tertiary/aromatic N) is 1. The molecule has 0 saturated carbocycles. The maximum atomic E-state index is 11.6. The molecule has 0 aliphatic carbocycles. The summed E-state index contributed by atoms with van der Waals surface area (Å²) in [6.45, 7) is 5.08. The van der Waals surface area contributed by atoms with E-state index in [1.54, 1.807) is 12.1 Å². The second kappa shape index (κ2) is 5.16. The van der Waals surface area contributed by atoms with Crippen molar-refractivity contribution >= 4 is 5.91 Å². The second-order valence-corrected chi connectivity index (χ2v) is 4.11. The first kappa shape index (κ1) is 11.2. The molecular formula is C12H18N2O2. The lowest BCUT2D eigenvalue weighted by Crippen LogP contribution is -2.39. The van der Waals surface area contributed by atoms with E-state index in [1.807, 2.05) is 0 Å². The number of likely N-dealkylation sites (N-methyl/N-ethyl adjacent to an activating group) is 1. The van der Waals surface area contributed by atoms with E-state index in [4.69, 9.17) is 4.42 Å². The number of amides is 1. The summed E-state index contributed by atoms with van der Waals surface area (Å²) in [6, 6.07) is 3.90. The van der Waals surface area contributed by atoms with Crippen molar-refractivity contribution < 1.29 is 9.21 Å². The van der Waals surface area contributed by atoms with Crippen LogP contribution < -0.4 is 5.32 Å². The molecule has 1 saturated heterocycles. The fourth-order valence-corrected chi connectivity index (χ4v) is 2.25. The maximum absolute atomic E-state index is 11.6. The third-order valence-electron chi connectivity index (χ3n) is 3.15. The fourth-order valence-electron chi connectivity index (χ4n) is 2.25. The molecule has 1 aromatic heterocycles. The number of rotatable bonds is 4. The Hall–Kier alpha value is -1.29. The molecule has 16 heavy (non-hydrogen) atoms. The normalized spacial score (nSPS) is 21.2. The van der Waals surface area contributed by atoms with Crippen LogP contribution in [0, 0.1) is 0 Å². The van der Waals surface area contributed by atoms with Gasteiger partial charge in [0.1, 0.15) is 0 Å². The lowest BCUT2D eigenvalue weighted by molar-refractivity contribution is 0.0913. The van der Waals surface area contributed by atoms with E-state index in [9.17, 15) is 4.79 Å². The predicted molar refractivity (Wildman–Crippen MR) is 61.3 cm³/mol. The van der Waals surface area contributed by atoms with Crippen LogP contribution in [0.5, 0.6) is 0 Å². The highest BCUT2D eigenvalue weighted by Crippen LogP contribution is 2.15. The molecule has 1 aromatic rings. The molecule has 2 heterocycles. The molecule has 0 bridgehead atoms. The standard InChI is InChI=1S/C12H18N2O2/c1-2-14-7-3-5-10(14)9-13-12(15)11-6-4-8-16-11/h4,6,8,10H,2-3,5,7,9H2,1H3,(H,13,15)/t10-/m1/s1. The van der Waals surface area contributed by atoms with Crippen LogP contribution in [0.15, 0.2) is 22.8 Å². The third-order valence-corrected chi connectivity index (χ3v) is 3.15. The minimum atomic E-state index is -0.118. The van der Waals surface area contributed by atoms with E-state index < -0.39 is 0 Å². The van der Waals surface area contributed by atoms with Crippen molar-refractivity contribution in [2.45, 2.75) is 25.8 Å². The number of nitrogens with one attached hydrogen (secondary N) is 1. The highest BCUT2D eigenvalue weighted by molar-refractivity contribution is 5.91. The number of hydrogen-bond donors (Lipinski definition) is 1. The number of carbonyl (C=O) groups excluding carboxylic acids is 1. The lowest BCUT2D eigenvalue weighted by Gasteiger charge is -2.22. The van der Waals surface area contributed by atoms with Gasteiger partial charge in [0.05, 0.1) is 6.26 Å². The van der Waals surface area contributed by atoms with Crippen LogP contribution in [0.4, 0.5) is 0 Å². The molecule has 1 N–H and O–H groups in total. The van der Waals surface area contributed by atoms with Gasteiger partial charge in [0.2, 0.25) is 0 Å². The van der Waals surface area contributed by atoms with Gasteiger partial charge in [-0.05, 0) is 38.1 Å². The Morgan fingerprint density at radius 1 is 1.69 bits per heavy atom. The van der Waals surface area contributed by atoms with Gasteiger partial charge in [-0.3, -0.25) is 9.69 Å². The molecule has 0 spiro atoms. The molecule has 1 amide bonds. The largest absolute Gasteiger partial charge is 0.459 e. The summed E-state index contributed by atoms with van der Waals surface area (Å²) >= 11 is 0. The van der Waals surface area contributed by atoms with Gasteiger partial charge in [-0.25, -0.2) is 0 Å². The SMILES string of the molecule is CCN1CCC[C@@H]1CNC(=O)c1ccco1. The molecule has 1 aliphatic rings. The first-order chi connectivity index (χ1) is 7.81. The molecule has 0 aromatic carbocycles. The summed E-state index contributed by atoms with van der Waals surface area (Å²) in [7, 11) is 0. The summed E-state index contributed by atoms with van der Waals surface area (Å²) in [4.78, 5) is 14.0. The van der Waals surface area contributed by atoms with Gasteiger partial charge in [0.15, 0.2) is 5.76 Å². The smallest absolute Gasteiger partial charge is 0.287 e. The molecule has 0 unspecified atom stereocenters. The number of furan rings is 1. The Morgan fingerprint density at radius 3 is 3.25 bits per heavy atom. The average molecular weight is 222 g/mol. The van der Waals surface area contributed by atoms with Crippen LogP contribution in [0.3, 0.4) is 0 Å².